The number of para-hydroxylation sites is 1. The number of likely N-dealkylation sites (tertiary alicyclic amines) is 1. The van der Waals surface area contributed by atoms with E-state index in [0.717, 1.165) is 55.6 Å². The molecule has 0 bridgehead atoms. The van der Waals surface area contributed by atoms with Crippen molar-refractivity contribution in [2.24, 2.45) is 4.99 Å². The van der Waals surface area contributed by atoms with E-state index in [1.165, 1.54) is 0 Å². The largest absolute Gasteiger partial charge is 0.341 e. The Hall–Kier alpha value is -3.16. The first-order valence-corrected chi connectivity index (χ1v) is 10.7. The van der Waals surface area contributed by atoms with Crippen LogP contribution in [0.15, 0.2) is 35.5 Å². The zero-order chi connectivity index (χ0) is 20.7. The molecule has 0 saturated carbocycles. The monoisotopic (exact) mass is 406 g/mol. The quantitative estimate of drug-likeness (QED) is 0.786. The third-order valence-electron chi connectivity index (χ3n) is 6.11. The lowest BCUT2D eigenvalue weighted by molar-refractivity contribution is -0.130. The molecule has 3 amide bonds. The fourth-order valence-corrected chi connectivity index (χ4v) is 4.52. The topological polar surface area (TPSA) is 74.0 Å². The smallest absolute Gasteiger partial charge is 0.331 e. The van der Waals surface area contributed by atoms with Crippen LogP contribution in [0.1, 0.15) is 36.8 Å². The maximum Gasteiger partial charge on any atom is 0.331 e. The van der Waals surface area contributed by atoms with Gasteiger partial charge in [0, 0.05) is 26.2 Å². The number of aryl methyl sites for hydroxylation is 1. The van der Waals surface area contributed by atoms with Gasteiger partial charge in [0.1, 0.15) is 12.4 Å². The van der Waals surface area contributed by atoms with Crippen LogP contribution in [0.3, 0.4) is 0 Å². The standard InChI is InChI=1S/C22H26N6O2/c1-16-8-3-4-9-18(16)28-21-17(14-24-28)20-23-10-7-13-26(20)22(30)27(21)15-19(29)25-11-5-2-6-12-25/h3-4,8-9,14H,2,5-7,10-13,15H2,1H3. The third kappa shape index (κ3) is 3.07. The minimum atomic E-state index is -0.193. The maximum atomic E-state index is 13.5. The van der Waals surface area contributed by atoms with Gasteiger partial charge in [-0.05, 0) is 44.2 Å². The average molecular weight is 406 g/mol. The van der Waals surface area contributed by atoms with Crippen LogP contribution in [0.2, 0.25) is 0 Å². The first-order chi connectivity index (χ1) is 14.6. The Kier molecular flexibility index (Phi) is 4.77. The number of aliphatic imine (C=N–C) groups is 1. The van der Waals surface area contributed by atoms with E-state index in [0.29, 0.717) is 24.7 Å². The highest BCUT2D eigenvalue weighted by atomic mass is 16.2. The highest BCUT2D eigenvalue weighted by molar-refractivity contribution is 6.19. The molecule has 0 unspecified atom stereocenters. The molecular weight excluding hydrogens is 380 g/mol. The van der Waals surface area contributed by atoms with E-state index in [2.05, 4.69) is 10.1 Å². The van der Waals surface area contributed by atoms with E-state index < -0.39 is 0 Å². The van der Waals surface area contributed by atoms with Crippen molar-refractivity contribution in [1.82, 2.24) is 19.6 Å². The molecule has 1 saturated heterocycles. The van der Waals surface area contributed by atoms with Crippen molar-refractivity contribution < 1.29 is 9.59 Å². The molecule has 30 heavy (non-hydrogen) atoms. The molecule has 3 aliphatic heterocycles. The van der Waals surface area contributed by atoms with Crippen molar-refractivity contribution in [3.8, 4) is 5.69 Å². The molecule has 8 heteroatoms. The maximum absolute atomic E-state index is 13.5. The molecule has 0 radical (unpaired) electrons. The van der Waals surface area contributed by atoms with Crippen LogP contribution in [-0.2, 0) is 4.79 Å². The molecule has 0 N–H and O–H groups in total. The predicted molar refractivity (Wildman–Crippen MR) is 114 cm³/mol. The molecule has 2 aromatic rings. The minimum Gasteiger partial charge on any atom is -0.341 e. The van der Waals surface area contributed by atoms with Crippen molar-refractivity contribution in [3.63, 3.8) is 0 Å². The van der Waals surface area contributed by atoms with Crippen molar-refractivity contribution in [2.75, 3.05) is 37.6 Å². The van der Waals surface area contributed by atoms with Crippen molar-refractivity contribution in [3.05, 3.63) is 41.6 Å². The first kappa shape index (κ1) is 18.8. The molecule has 4 heterocycles. The Labute approximate surface area is 175 Å². The number of urea groups is 1. The SMILES string of the molecule is Cc1ccccc1-n1ncc2c1N(CC(=O)N1CCCCC1)C(=O)N1CCCN=C21. The number of anilines is 1. The number of piperidine rings is 1. The molecule has 8 nitrogen and oxygen atoms in total. The van der Waals surface area contributed by atoms with E-state index in [-0.39, 0.29) is 18.5 Å². The second-order valence-corrected chi connectivity index (χ2v) is 8.10. The van der Waals surface area contributed by atoms with Gasteiger partial charge in [0.2, 0.25) is 5.91 Å². The molecule has 1 aromatic heterocycles. The highest BCUT2D eigenvalue weighted by Gasteiger charge is 2.41. The third-order valence-corrected chi connectivity index (χ3v) is 6.11. The number of benzene rings is 1. The normalized spacial score (nSPS) is 18.8. The van der Waals surface area contributed by atoms with Gasteiger partial charge in [-0.15, -0.1) is 0 Å². The van der Waals surface area contributed by atoms with E-state index >= 15 is 0 Å². The van der Waals surface area contributed by atoms with Crippen LogP contribution >= 0.6 is 0 Å². The van der Waals surface area contributed by atoms with E-state index in [9.17, 15) is 9.59 Å². The van der Waals surface area contributed by atoms with Gasteiger partial charge in [-0.1, -0.05) is 18.2 Å². The Morgan fingerprint density at radius 1 is 1.07 bits per heavy atom. The Morgan fingerprint density at radius 2 is 1.87 bits per heavy atom. The molecule has 0 spiro atoms. The summed E-state index contributed by atoms with van der Waals surface area (Å²) in [5, 5.41) is 4.61. The molecule has 5 rings (SSSR count). The lowest BCUT2D eigenvalue weighted by Gasteiger charge is -2.38. The molecule has 0 atom stereocenters. The number of nitrogens with zero attached hydrogens (tertiary/aromatic N) is 6. The van der Waals surface area contributed by atoms with Gasteiger partial charge in [-0.2, -0.15) is 5.10 Å². The second-order valence-electron chi connectivity index (χ2n) is 8.10. The Balaban J connectivity index is 1.59. The Bertz CT molecular complexity index is 1020. The summed E-state index contributed by atoms with van der Waals surface area (Å²) in [5.74, 6) is 1.29. The predicted octanol–water partition coefficient (Wildman–Crippen LogP) is 2.59. The summed E-state index contributed by atoms with van der Waals surface area (Å²) in [7, 11) is 0. The van der Waals surface area contributed by atoms with Crippen LogP contribution in [0.5, 0.6) is 0 Å². The summed E-state index contributed by atoms with van der Waals surface area (Å²) in [5.41, 5.74) is 2.75. The summed E-state index contributed by atoms with van der Waals surface area (Å²) in [6.45, 7) is 4.87. The fraction of sp³-hybridized carbons (Fsp3) is 0.455. The number of amidine groups is 1. The number of carbonyl (C=O) groups is 2. The van der Waals surface area contributed by atoms with Crippen LogP contribution in [0, 0.1) is 6.92 Å². The van der Waals surface area contributed by atoms with Gasteiger partial charge < -0.3 is 4.90 Å². The summed E-state index contributed by atoms with van der Waals surface area (Å²) in [4.78, 5) is 36.3. The fourth-order valence-electron chi connectivity index (χ4n) is 4.52. The summed E-state index contributed by atoms with van der Waals surface area (Å²) >= 11 is 0. The van der Waals surface area contributed by atoms with Crippen molar-refractivity contribution in [1.29, 1.82) is 0 Å². The summed E-state index contributed by atoms with van der Waals surface area (Å²) < 4.78 is 1.78. The molecular formula is C22H26N6O2. The van der Waals surface area contributed by atoms with Crippen LogP contribution < -0.4 is 4.90 Å². The minimum absolute atomic E-state index is 0.0102. The average Bonchev–Trinajstić information content (AvgIpc) is 3.22. The van der Waals surface area contributed by atoms with Crippen molar-refractivity contribution >= 4 is 23.6 Å². The van der Waals surface area contributed by atoms with Gasteiger partial charge in [0.25, 0.3) is 0 Å². The zero-order valence-electron chi connectivity index (χ0n) is 17.3. The van der Waals surface area contributed by atoms with Gasteiger partial charge in [-0.25, -0.2) is 9.48 Å². The second kappa shape index (κ2) is 7.59. The van der Waals surface area contributed by atoms with E-state index in [4.69, 9.17) is 0 Å². The van der Waals surface area contributed by atoms with Gasteiger partial charge in [0.15, 0.2) is 5.82 Å². The van der Waals surface area contributed by atoms with E-state index in [1.54, 1.807) is 20.7 Å². The molecule has 1 fully saturated rings. The van der Waals surface area contributed by atoms with E-state index in [1.807, 2.05) is 36.1 Å². The number of carbonyl (C=O) groups excluding carboxylic acids is 2. The van der Waals surface area contributed by atoms with Crippen LogP contribution in [-0.4, -0.2) is 70.1 Å². The number of hydrogen-bond acceptors (Lipinski definition) is 4. The molecule has 1 aromatic carbocycles. The first-order valence-electron chi connectivity index (χ1n) is 10.7. The summed E-state index contributed by atoms with van der Waals surface area (Å²) in [6, 6.07) is 7.73. The highest BCUT2D eigenvalue weighted by Crippen LogP contribution is 2.33. The van der Waals surface area contributed by atoms with Gasteiger partial charge in [-0.3, -0.25) is 19.6 Å². The van der Waals surface area contributed by atoms with Gasteiger partial charge in [0.05, 0.1) is 17.4 Å². The lowest BCUT2D eigenvalue weighted by Crippen LogP contribution is -2.56. The molecule has 3 aliphatic rings. The number of rotatable bonds is 3. The Morgan fingerprint density at radius 3 is 2.67 bits per heavy atom. The lowest BCUT2D eigenvalue weighted by atomic mass is 10.1. The number of hydrogen-bond donors (Lipinski definition) is 0. The number of aromatic nitrogens is 2. The number of fused-ring (bicyclic) bond motifs is 3. The summed E-state index contributed by atoms with van der Waals surface area (Å²) in [6.07, 6.45) is 5.79. The zero-order valence-corrected chi connectivity index (χ0v) is 17.3. The van der Waals surface area contributed by atoms with Crippen molar-refractivity contribution in [2.45, 2.75) is 32.6 Å². The molecule has 0 aliphatic carbocycles. The molecule has 156 valence electrons. The van der Waals surface area contributed by atoms with Gasteiger partial charge >= 0.3 is 6.03 Å². The van der Waals surface area contributed by atoms with Crippen LogP contribution in [0.4, 0.5) is 10.6 Å². The van der Waals surface area contributed by atoms with Crippen LogP contribution in [0.25, 0.3) is 5.69 Å². The number of amides is 3.